The predicted octanol–water partition coefficient (Wildman–Crippen LogP) is 3.52. The second kappa shape index (κ2) is 8.55. The highest BCUT2D eigenvalue weighted by Crippen LogP contribution is 2.18. The van der Waals surface area contributed by atoms with Crippen LogP contribution in [-0.4, -0.2) is 48.9 Å². The first-order valence-electron chi connectivity index (χ1n) is 9.94. The van der Waals surface area contributed by atoms with Gasteiger partial charge in [-0.15, -0.1) is 0 Å². The largest absolute Gasteiger partial charge is 0.348 e. The number of hydrogen-bond acceptors (Lipinski definition) is 3. The summed E-state index contributed by atoms with van der Waals surface area (Å²) in [7, 11) is 2.18. The summed E-state index contributed by atoms with van der Waals surface area (Å²) in [5.41, 5.74) is 3.17. The van der Waals surface area contributed by atoms with Gasteiger partial charge in [0.25, 0.3) is 5.91 Å². The van der Waals surface area contributed by atoms with Gasteiger partial charge in [0.2, 0.25) is 0 Å². The van der Waals surface area contributed by atoms with Gasteiger partial charge in [-0.1, -0.05) is 60.7 Å². The van der Waals surface area contributed by atoms with E-state index in [4.69, 9.17) is 0 Å². The van der Waals surface area contributed by atoms with Crippen molar-refractivity contribution >= 4 is 16.7 Å². The summed E-state index contributed by atoms with van der Waals surface area (Å²) in [6.07, 6.45) is 0. The normalized spacial score (nSPS) is 15.6. The van der Waals surface area contributed by atoms with Crippen LogP contribution < -0.4 is 5.32 Å². The van der Waals surface area contributed by atoms with Gasteiger partial charge in [-0.3, -0.25) is 9.69 Å². The number of rotatable bonds is 5. The Morgan fingerprint density at radius 3 is 2.46 bits per heavy atom. The first kappa shape index (κ1) is 18.7. The summed E-state index contributed by atoms with van der Waals surface area (Å²) >= 11 is 0. The van der Waals surface area contributed by atoms with Crippen molar-refractivity contribution in [1.29, 1.82) is 0 Å². The summed E-state index contributed by atoms with van der Waals surface area (Å²) in [6.45, 7) is 5.98. The van der Waals surface area contributed by atoms with Crippen molar-refractivity contribution in [3.05, 3.63) is 83.4 Å². The minimum atomic E-state index is -0.0266. The molecule has 28 heavy (non-hydrogen) atoms. The predicted molar refractivity (Wildman–Crippen MR) is 114 cm³/mol. The van der Waals surface area contributed by atoms with Crippen molar-refractivity contribution in [3.63, 3.8) is 0 Å². The highest BCUT2D eigenvalue weighted by molar-refractivity contribution is 6.06. The highest BCUT2D eigenvalue weighted by atomic mass is 16.1. The molecule has 0 aromatic heterocycles. The lowest BCUT2D eigenvalue weighted by Gasteiger charge is -2.32. The number of nitrogens with one attached hydrogen (secondary N) is 1. The fraction of sp³-hybridized carbons (Fsp3) is 0.292. The molecule has 0 unspecified atom stereocenters. The molecular weight excluding hydrogens is 346 g/mol. The highest BCUT2D eigenvalue weighted by Gasteiger charge is 2.14. The van der Waals surface area contributed by atoms with Crippen molar-refractivity contribution in [2.45, 2.75) is 13.1 Å². The van der Waals surface area contributed by atoms with Crippen molar-refractivity contribution in [1.82, 2.24) is 15.1 Å². The summed E-state index contributed by atoms with van der Waals surface area (Å²) in [5.74, 6) is -0.0266. The van der Waals surface area contributed by atoms with Crippen molar-refractivity contribution in [2.24, 2.45) is 0 Å². The second-order valence-electron chi connectivity index (χ2n) is 7.61. The third-order valence-corrected chi connectivity index (χ3v) is 5.48. The molecule has 1 N–H and O–H groups in total. The molecule has 0 bridgehead atoms. The lowest BCUT2D eigenvalue weighted by atomic mass is 10.0. The number of piperazine rings is 1. The van der Waals surface area contributed by atoms with Crippen LogP contribution in [0.3, 0.4) is 0 Å². The minimum Gasteiger partial charge on any atom is -0.348 e. The number of hydrogen-bond donors (Lipinski definition) is 1. The molecule has 1 fully saturated rings. The second-order valence-corrected chi connectivity index (χ2v) is 7.61. The summed E-state index contributed by atoms with van der Waals surface area (Å²) < 4.78 is 0. The van der Waals surface area contributed by atoms with Crippen LogP contribution in [0, 0.1) is 0 Å². The number of carbonyl (C=O) groups excluding carboxylic acids is 1. The molecule has 144 valence electrons. The lowest BCUT2D eigenvalue weighted by Crippen LogP contribution is -2.43. The molecule has 0 aliphatic carbocycles. The molecule has 3 aromatic carbocycles. The SMILES string of the molecule is CN1CCN(Cc2cccc(CNC(=O)c3cccc4ccccc34)c2)CC1. The molecule has 1 amide bonds. The molecule has 0 spiro atoms. The van der Waals surface area contributed by atoms with Crippen LogP contribution in [0.15, 0.2) is 66.7 Å². The monoisotopic (exact) mass is 373 g/mol. The molecule has 1 heterocycles. The average molecular weight is 374 g/mol. The van der Waals surface area contributed by atoms with Crippen LogP contribution in [0.5, 0.6) is 0 Å². The van der Waals surface area contributed by atoms with Crippen LogP contribution in [0.2, 0.25) is 0 Å². The maximum Gasteiger partial charge on any atom is 0.252 e. The van der Waals surface area contributed by atoms with E-state index in [0.717, 1.165) is 54.6 Å². The van der Waals surface area contributed by atoms with E-state index in [1.807, 2.05) is 42.5 Å². The third-order valence-electron chi connectivity index (χ3n) is 5.48. The Kier molecular flexibility index (Phi) is 5.70. The lowest BCUT2D eigenvalue weighted by molar-refractivity contribution is 0.0952. The van der Waals surface area contributed by atoms with Gasteiger partial charge in [-0.2, -0.15) is 0 Å². The smallest absolute Gasteiger partial charge is 0.252 e. The minimum absolute atomic E-state index is 0.0266. The number of carbonyl (C=O) groups is 1. The molecule has 4 heteroatoms. The Bertz CT molecular complexity index is 955. The van der Waals surface area contributed by atoms with E-state index < -0.39 is 0 Å². The van der Waals surface area contributed by atoms with Crippen LogP contribution in [-0.2, 0) is 13.1 Å². The van der Waals surface area contributed by atoms with Gasteiger partial charge in [0, 0.05) is 44.8 Å². The summed E-state index contributed by atoms with van der Waals surface area (Å²) in [4.78, 5) is 17.6. The third kappa shape index (κ3) is 4.41. The van der Waals surface area contributed by atoms with E-state index in [9.17, 15) is 4.79 Å². The first-order valence-corrected chi connectivity index (χ1v) is 9.94. The standard InChI is InChI=1S/C24H27N3O/c1-26-12-14-27(15-13-26)18-20-7-4-6-19(16-20)17-25-24(28)23-11-5-9-21-8-2-3-10-22(21)23/h2-11,16H,12-15,17-18H2,1H3,(H,25,28). The molecule has 0 saturated carbocycles. The fourth-order valence-electron chi connectivity index (χ4n) is 3.80. The average Bonchev–Trinajstić information content (AvgIpc) is 2.73. The molecule has 0 atom stereocenters. The van der Waals surface area contributed by atoms with Gasteiger partial charge in [0.05, 0.1) is 0 Å². The van der Waals surface area contributed by atoms with Crippen LogP contribution in [0.25, 0.3) is 10.8 Å². The van der Waals surface area contributed by atoms with E-state index in [1.165, 1.54) is 5.56 Å². The Morgan fingerprint density at radius 1 is 0.893 bits per heavy atom. The zero-order chi connectivity index (χ0) is 19.3. The first-order chi connectivity index (χ1) is 13.7. The molecule has 1 aliphatic heterocycles. The number of nitrogens with zero attached hydrogens (tertiary/aromatic N) is 2. The maximum atomic E-state index is 12.7. The zero-order valence-electron chi connectivity index (χ0n) is 16.4. The maximum absolute atomic E-state index is 12.7. The van der Waals surface area contributed by atoms with Crippen molar-refractivity contribution in [2.75, 3.05) is 33.2 Å². The molecule has 0 radical (unpaired) electrons. The molecule has 4 nitrogen and oxygen atoms in total. The molecule has 1 saturated heterocycles. The molecular formula is C24H27N3O. The molecule has 4 rings (SSSR count). The van der Waals surface area contributed by atoms with Crippen LogP contribution in [0.4, 0.5) is 0 Å². The zero-order valence-corrected chi connectivity index (χ0v) is 16.4. The van der Waals surface area contributed by atoms with Gasteiger partial charge in [0.15, 0.2) is 0 Å². The summed E-state index contributed by atoms with van der Waals surface area (Å²) in [5, 5.41) is 5.16. The van der Waals surface area contributed by atoms with Gasteiger partial charge in [0.1, 0.15) is 0 Å². The molecule has 1 aliphatic rings. The molecule has 3 aromatic rings. The Balaban J connectivity index is 1.40. The van der Waals surface area contributed by atoms with Crippen molar-refractivity contribution in [3.8, 4) is 0 Å². The van der Waals surface area contributed by atoms with Gasteiger partial charge in [-0.05, 0) is 35.0 Å². The van der Waals surface area contributed by atoms with E-state index in [1.54, 1.807) is 0 Å². The van der Waals surface area contributed by atoms with Gasteiger partial charge < -0.3 is 10.2 Å². The summed E-state index contributed by atoms with van der Waals surface area (Å²) in [6, 6.07) is 22.4. The van der Waals surface area contributed by atoms with E-state index >= 15 is 0 Å². The fourth-order valence-corrected chi connectivity index (χ4v) is 3.80. The Hall–Kier alpha value is -2.69. The number of amides is 1. The number of likely N-dealkylation sites (N-methyl/N-ethyl adjacent to an activating group) is 1. The Labute approximate surface area is 166 Å². The number of fused-ring (bicyclic) bond motifs is 1. The van der Waals surface area contributed by atoms with Crippen LogP contribution in [0.1, 0.15) is 21.5 Å². The quantitative estimate of drug-likeness (QED) is 0.743. The van der Waals surface area contributed by atoms with Crippen molar-refractivity contribution < 1.29 is 4.79 Å². The topological polar surface area (TPSA) is 35.6 Å². The Morgan fingerprint density at radius 2 is 1.61 bits per heavy atom. The van der Waals surface area contributed by atoms with E-state index in [0.29, 0.717) is 6.54 Å². The van der Waals surface area contributed by atoms with Crippen LogP contribution >= 0.6 is 0 Å². The van der Waals surface area contributed by atoms with E-state index in [2.05, 4.69) is 46.4 Å². The van der Waals surface area contributed by atoms with Gasteiger partial charge in [-0.25, -0.2) is 0 Å². The number of benzene rings is 3. The van der Waals surface area contributed by atoms with E-state index in [-0.39, 0.29) is 5.91 Å². The van der Waals surface area contributed by atoms with Gasteiger partial charge >= 0.3 is 0 Å².